The third kappa shape index (κ3) is 4.04. The van der Waals surface area contributed by atoms with Crippen molar-refractivity contribution in [3.05, 3.63) is 53.9 Å². The van der Waals surface area contributed by atoms with Crippen molar-refractivity contribution < 1.29 is 14.2 Å². The van der Waals surface area contributed by atoms with E-state index in [1.165, 1.54) is 0 Å². The molecule has 0 saturated carbocycles. The fraction of sp³-hybridized carbons (Fsp3) is 0.263. The van der Waals surface area contributed by atoms with E-state index in [0.29, 0.717) is 31.6 Å². The van der Waals surface area contributed by atoms with Crippen LogP contribution in [0.1, 0.15) is 0 Å². The molecule has 1 atom stereocenters. The van der Waals surface area contributed by atoms with Crippen molar-refractivity contribution in [1.82, 2.24) is 9.97 Å². The zero-order valence-electron chi connectivity index (χ0n) is 14.0. The van der Waals surface area contributed by atoms with Gasteiger partial charge in [0.2, 0.25) is 0 Å². The average Bonchev–Trinajstić information content (AvgIpc) is 2.69. The van der Waals surface area contributed by atoms with Crippen LogP contribution < -0.4 is 10.1 Å². The number of pyridine rings is 2. The van der Waals surface area contributed by atoms with Crippen LogP contribution in [-0.2, 0) is 9.47 Å². The summed E-state index contributed by atoms with van der Waals surface area (Å²) in [5.41, 5.74) is 0.823. The molecule has 7 heteroatoms. The SMILES string of the molecule is Clc1ccc(Nc2nccc3cc(OCC4COCCO4)ccc23)cn1. The zero-order valence-corrected chi connectivity index (χ0v) is 14.8. The Bertz CT molecular complexity index is 883. The number of rotatable bonds is 5. The number of anilines is 2. The highest BCUT2D eigenvalue weighted by atomic mass is 35.5. The molecule has 1 fully saturated rings. The molecule has 134 valence electrons. The summed E-state index contributed by atoms with van der Waals surface area (Å²) >= 11 is 5.83. The van der Waals surface area contributed by atoms with Crippen molar-refractivity contribution in [2.24, 2.45) is 0 Å². The number of hydrogen-bond donors (Lipinski definition) is 1. The molecule has 3 aromatic rings. The topological polar surface area (TPSA) is 65.5 Å². The van der Waals surface area contributed by atoms with E-state index in [9.17, 15) is 0 Å². The van der Waals surface area contributed by atoms with Gasteiger partial charge in [0.05, 0.1) is 31.7 Å². The largest absolute Gasteiger partial charge is 0.491 e. The third-order valence-corrected chi connectivity index (χ3v) is 4.27. The molecule has 0 radical (unpaired) electrons. The third-order valence-electron chi connectivity index (χ3n) is 4.05. The van der Waals surface area contributed by atoms with Gasteiger partial charge in [0, 0.05) is 11.6 Å². The van der Waals surface area contributed by atoms with E-state index in [4.69, 9.17) is 25.8 Å². The Labute approximate surface area is 156 Å². The molecule has 4 rings (SSSR count). The maximum Gasteiger partial charge on any atom is 0.138 e. The Balaban J connectivity index is 1.50. The smallest absolute Gasteiger partial charge is 0.138 e. The first-order chi connectivity index (χ1) is 12.8. The van der Waals surface area contributed by atoms with Gasteiger partial charge < -0.3 is 19.5 Å². The van der Waals surface area contributed by atoms with E-state index < -0.39 is 0 Å². The first kappa shape index (κ1) is 17.0. The summed E-state index contributed by atoms with van der Waals surface area (Å²) < 4.78 is 16.8. The average molecular weight is 372 g/mol. The minimum Gasteiger partial charge on any atom is -0.491 e. The monoisotopic (exact) mass is 371 g/mol. The maximum absolute atomic E-state index is 5.85. The molecule has 3 heterocycles. The summed E-state index contributed by atoms with van der Waals surface area (Å²) in [6.45, 7) is 2.31. The zero-order chi connectivity index (χ0) is 17.8. The highest BCUT2D eigenvalue weighted by Crippen LogP contribution is 2.27. The van der Waals surface area contributed by atoms with Crippen LogP contribution in [0.5, 0.6) is 5.75 Å². The number of nitrogens with zero attached hydrogens (tertiary/aromatic N) is 2. The van der Waals surface area contributed by atoms with E-state index >= 15 is 0 Å². The van der Waals surface area contributed by atoms with Gasteiger partial charge >= 0.3 is 0 Å². The Morgan fingerprint density at radius 1 is 1.15 bits per heavy atom. The number of hydrogen-bond acceptors (Lipinski definition) is 6. The highest BCUT2D eigenvalue weighted by Gasteiger charge is 2.15. The van der Waals surface area contributed by atoms with Gasteiger partial charge in [-0.3, -0.25) is 0 Å². The van der Waals surface area contributed by atoms with Gasteiger partial charge in [-0.15, -0.1) is 0 Å². The van der Waals surface area contributed by atoms with Gasteiger partial charge in [0.1, 0.15) is 29.4 Å². The molecule has 1 aliphatic rings. The second kappa shape index (κ2) is 7.86. The molecule has 1 aromatic carbocycles. The molecule has 1 aliphatic heterocycles. The lowest BCUT2D eigenvalue weighted by Gasteiger charge is -2.23. The van der Waals surface area contributed by atoms with Crippen LogP contribution in [0.4, 0.5) is 11.5 Å². The van der Waals surface area contributed by atoms with E-state index in [1.807, 2.05) is 30.3 Å². The van der Waals surface area contributed by atoms with Crippen molar-refractivity contribution in [3.8, 4) is 5.75 Å². The Hall–Kier alpha value is -2.41. The molecular weight excluding hydrogens is 354 g/mol. The molecular formula is C19H18ClN3O3. The Morgan fingerprint density at radius 2 is 2.12 bits per heavy atom. The minimum atomic E-state index is -0.0217. The fourth-order valence-corrected chi connectivity index (χ4v) is 2.87. The van der Waals surface area contributed by atoms with Crippen molar-refractivity contribution in [3.63, 3.8) is 0 Å². The summed E-state index contributed by atoms with van der Waals surface area (Å²) in [7, 11) is 0. The van der Waals surface area contributed by atoms with Crippen molar-refractivity contribution in [2.45, 2.75) is 6.10 Å². The van der Waals surface area contributed by atoms with E-state index in [0.717, 1.165) is 28.0 Å². The minimum absolute atomic E-state index is 0.0217. The highest BCUT2D eigenvalue weighted by molar-refractivity contribution is 6.29. The standard InChI is InChI=1S/C19H18ClN3O3/c20-18-4-1-14(10-22-18)23-19-17-3-2-15(9-13(17)5-6-21-19)26-12-16-11-24-7-8-25-16/h1-6,9-10,16H,7-8,11-12H2,(H,21,23). The summed E-state index contributed by atoms with van der Waals surface area (Å²) in [6, 6.07) is 11.5. The molecule has 0 bridgehead atoms. The first-order valence-corrected chi connectivity index (χ1v) is 8.75. The number of halogens is 1. The molecule has 1 saturated heterocycles. The summed E-state index contributed by atoms with van der Waals surface area (Å²) in [4.78, 5) is 8.50. The normalized spacial score (nSPS) is 17.2. The van der Waals surface area contributed by atoms with Crippen LogP contribution in [0.25, 0.3) is 10.8 Å². The van der Waals surface area contributed by atoms with Crippen molar-refractivity contribution in [1.29, 1.82) is 0 Å². The molecule has 26 heavy (non-hydrogen) atoms. The molecule has 6 nitrogen and oxygen atoms in total. The number of aromatic nitrogens is 2. The predicted octanol–water partition coefficient (Wildman–Crippen LogP) is 3.82. The van der Waals surface area contributed by atoms with Crippen LogP contribution in [-0.4, -0.2) is 42.5 Å². The predicted molar refractivity (Wildman–Crippen MR) is 100 cm³/mol. The molecule has 1 unspecified atom stereocenters. The molecule has 1 N–H and O–H groups in total. The molecule has 0 amide bonds. The fourth-order valence-electron chi connectivity index (χ4n) is 2.75. The van der Waals surface area contributed by atoms with Crippen LogP contribution in [0, 0.1) is 0 Å². The first-order valence-electron chi connectivity index (χ1n) is 8.37. The molecule has 0 spiro atoms. The van der Waals surface area contributed by atoms with Gasteiger partial charge in [-0.2, -0.15) is 0 Å². The van der Waals surface area contributed by atoms with Crippen LogP contribution in [0.15, 0.2) is 48.8 Å². The van der Waals surface area contributed by atoms with Gasteiger partial charge in [-0.05, 0) is 41.8 Å². The molecule has 2 aromatic heterocycles. The lowest BCUT2D eigenvalue weighted by Crippen LogP contribution is -2.33. The second-order valence-corrected chi connectivity index (χ2v) is 6.30. The van der Waals surface area contributed by atoms with Crippen molar-refractivity contribution >= 4 is 33.9 Å². The quantitative estimate of drug-likeness (QED) is 0.688. The van der Waals surface area contributed by atoms with Crippen LogP contribution >= 0.6 is 11.6 Å². The lowest BCUT2D eigenvalue weighted by atomic mass is 10.1. The molecule has 0 aliphatic carbocycles. The second-order valence-electron chi connectivity index (χ2n) is 5.92. The van der Waals surface area contributed by atoms with Crippen molar-refractivity contribution in [2.75, 3.05) is 31.7 Å². The van der Waals surface area contributed by atoms with Crippen LogP contribution in [0.3, 0.4) is 0 Å². The number of ether oxygens (including phenoxy) is 3. The number of benzene rings is 1. The van der Waals surface area contributed by atoms with Crippen LogP contribution in [0.2, 0.25) is 5.15 Å². The van der Waals surface area contributed by atoms with Gasteiger partial charge in [0.15, 0.2) is 0 Å². The lowest BCUT2D eigenvalue weighted by molar-refractivity contribution is -0.101. The van der Waals surface area contributed by atoms with Gasteiger partial charge in [-0.25, -0.2) is 9.97 Å². The number of fused-ring (bicyclic) bond motifs is 1. The Morgan fingerprint density at radius 3 is 2.92 bits per heavy atom. The summed E-state index contributed by atoms with van der Waals surface area (Å²) in [6.07, 6.45) is 3.41. The van der Waals surface area contributed by atoms with Gasteiger partial charge in [-0.1, -0.05) is 11.6 Å². The summed E-state index contributed by atoms with van der Waals surface area (Å²) in [5.74, 6) is 1.54. The van der Waals surface area contributed by atoms with Gasteiger partial charge in [0.25, 0.3) is 0 Å². The Kier molecular flexibility index (Phi) is 5.15. The maximum atomic E-state index is 5.85. The number of nitrogens with one attached hydrogen (secondary N) is 1. The van der Waals surface area contributed by atoms with E-state index in [-0.39, 0.29) is 6.10 Å². The summed E-state index contributed by atoms with van der Waals surface area (Å²) in [5, 5.41) is 5.74. The van der Waals surface area contributed by atoms with E-state index in [1.54, 1.807) is 18.5 Å². The van der Waals surface area contributed by atoms with E-state index in [2.05, 4.69) is 15.3 Å².